The maximum absolute atomic E-state index is 13.2. The van der Waals surface area contributed by atoms with Crippen LogP contribution < -0.4 is 15.4 Å². The van der Waals surface area contributed by atoms with Crippen LogP contribution in [0.25, 0.3) is 10.9 Å². The Hall–Kier alpha value is -3.98. The lowest BCUT2D eigenvalue weighted by atomic mass is 9.73. The van der Waals surface area contributed by atoms with E-state index in [-0.39, 0.29) is 17.8 Å². The summed E-state index contributed by atoms with van der Waals surface area (Å²) in [6.07, 6.45) is 5.87. The zero-order valence-corrected chi connectivity index (χ0v) is 20.1. The number of methoxy groups -OCH3 is 1. The molecule has 186 valence electrons. The van der Waals surface area contributed by atoms with Gasteiger partial charge in [0.25, 0.3) is 5.69 Å². The largest absolute Gasteiger partial charge is 0.497 e. The molecule has 3 aromatic rings. The molecule has 2 aromatic carbocycles. The van der Waals surface area contributed by atoms with Crippen LogP contribution >= 0.6 is 0 Å². The zero-order valence-electron chi connectivity index (χ0n) is 20.1. The fourth-order valence-electron chi connectivity index (χ4n) is 5.66. The monoisotopic (exact) mass is 487 g/mol. The van der Waals surface area contributed by atoms with Crippen LogP contribution in [-0.4, -0.2) is 47.1 Å². The average molecular weight is 488 g/mol. The number of hydrogen-bond donors (Lipinski definition) is 2. The third kappa shape index (κ3) is 4.61. The van der Waals surface area contributed by atoms with Crippen molar-refractivity contribution in [2.75, 3.05) is 25.5 Å². The molecule has 2 N–H and O–H groups in total. The molecule has 36 heavy (non-hydrogen) atoms. The number of aromatic nitrogens is 1. The van der Waals surface area contributed by atoms with Crippen molar-refractivity contribution < 1.29 is 14.5 Å². The van der Waals surface area contributed by atoms with Crippen LogP contribution in [0.2, 0.25) is 0 Å². The summed E-state index contributed by atoms with van der Waals surface area (Å²) in [5.41, 5.74) is 2.06. The lowest BCUT2D eigenvalue weighted by Crippen LogP contribution is -2.57. The summed E-state index contributed by atoms with van der Waals surface area (Å²) in [7, 11) is 1.63. The van der Waals surface area contributed by atoms with E-state index in [0.717, 1.165) is 42.4 Å². The van der Waals surface area contributed by atoms with Crippen LogP contribution in [0.3, 0.4) is 0 Å². The van der Waals surface area contributed by atoms with Crippen LogP contribution in [0, 0.1) is 22.0 Å². The van der Waals surface area contributed by atoms with Gasteiger partial charge < -0.3 is 15.4 Å². The molecule has 2 amide bonds. The molecule has 4 heterocycles. The Morgan fingerprint density at radius 1 is 1.31 bits per heavy atom. The van der Waals surface area contributed by atoms with Crippen LogP contribution in [0.5, 0.6) is 5.75 Å². The molecule has 0 aliphatic carbocycles. The third-order valence-electron chi connectivity index (χ3n) is 7.46. The molecule has 4 unspecified atom stereocenters. The molecule has 3 aliphatic heterocycles. The Labute approximate surface area is 209 Å². The maximum Gasteiger partial charge on any atom is 0.319 e. The normalized spacial score (nSPS) is 23.6. The topological polar surface area (TPSA) is 110 Å². The summed E-state index contributed by atoms with van der Waals surface area (Å²) in [5.74, 6) is 1.68. The minimum atomic E-state index is -0.482. The van der Waals surface area contributed by atoms with E-state index in [2.05, 4.69) is 33.2 Å². The van der Waals surface area contributed by atoms with Crippen LogP contribution in [0.4, 0.5) is 16.2 Å². The van der Waals surface area contributed by atoms with Gasteiger partial charge in [0.1, 0.15) is 5.75 Å². The summed E-state index contributed by atoms with van der Waals surface area (Å²) in [5, 5.41) is 18.0. The van der Waals surface area contributed by atoms with Gasteiger partial charge in [-0.25, -0.2) is 4.79 Å². The smallest absolute Gasteiger partial charge is 0.319 e. The Bertz CT molecular complexity index is 1310. The molecule has 0 radical (unpaired) electrons. The summed E-state index contributed by atoms with van der Waals surface area (Å²) < 4.78 is 5.47. The maximum atomic E-state index is 13.2. The van der Waals surface area contributed by atoms with E-state index in [4.69, 9.17) is 4.74 Å². The first-order valence-electron chi connectivity index (χ1n) is 12.1. The second-order valence-electron chi connectivity index (χ2n) is 9.41. The molecule has 9 heteroatoms. The molecule has 0 saturated carbocycles. The number of urea groups is 1. The Balaban J connectivity index is 1.49. The van der Waals surface area contributed by atoms with E-state index in [9.17, 15) is 14.9 Å². The van der Waals surface area contributed by atoms with Gasteiger partial charge in [-0.05, 0) is 67.1 Å². The van der Waals surface area contributed by atoms with Crippen LogP contribution in [-0.2, 0) is 0 Å². The minimum absolute atomic E-state index is 0.0808. The average Bonchev–Trinajstić information content (AvgIpc) is 2.91. The number of carbonyl (C=O) groups is 1. The predicted molar refractivity (Wildman–Crippen MR) is 138 cm³/mol. The number of nitrogens with one attached hydrogen (secondary N) is 2. The highest BCUT2D eigenvalue weighted by Crippen LogP contribution is 2.42. The highest BCUT2D eigenvalue weighted by atomic mass is 16.6. The first-order valence-corrected chi connectivity index (χ1v) is 12.1. The van der Waals surface area contributed by atoms with Gasteiger partial charge >= 0.3 is 6.03 Å². The lowest BCUT2D eigenvalue weighted by molar-refractivity contribution is -0.384. The molecule has 5 atom stereocenters. The van der Waals surface area contributed by atoms with Crippen molar-refractivity contribution in [2.45, 2.75) is 24.9 Å². The Morgan fingerprint density at radius 2 is 2.17 bits per heavy atom. The Morgan fingerprint density at radius 3 is 2.89 bits per heavy atom. The van der Waals surface area contributed by atoms with E-state index in [1.54, 1.807) is 25.4 Å². The number of fused-ring (bicyclic) bond motifs is 4. The number of nitrogens with zero attached hydrogens (tertiary/aromatic N) is 3. The number of ether oxygens (including phenoxy) is 1. The van der Waals surface area contributed by atoms with E-state index >= 15 is 0 Å². The molecule has 3 saturated heterocycles. The van der Waals surface area contributed by atoms with Crippen molar-refractivity contribution in [3.05, 3.63) is 83.1 Å². The lowest BCUT2D eigenvalue weighted by Gasteiger charge is -2.51. The number of anilines is 1. The molecule has 3 aliphatic rings. The Kier molecular flexibility index (Phi) is 6.56. The second kappa shape index (κ2) is 9.94. The molecule has 1 aromatic heterocycles. The second-order valence-corrected chi connectivity index (χ2v) is 9.41. The number of pyridine rings is 1. The van der Waals surface area contributed by atoms with Gasteiger partial charge in [-0.1, -0.05) is 12.1 Å². The summed E-state index contributed by atoms with van der Waals surface area (Å²) in [4.78, 5) is 30.9. The molecular formula is C27H29N5O4. The fourth-order valence-corrected chi connectivity index (χ4v) is 5.66. The van der Waals surface area contributed by atoms with Gasteiger partial charge in [-0.2, -0.15) is 0 Å². The summed E-state index contributed by atoms with van der Waals surface area (Å²) in [6, 6.07) is 13.0. The van der Waals surface area contributed by atoms with Crippen molar-refractivity contribution in [1.82, 2.24) is 15.2 Å². The van der Waals surface area contributed by atoms with Crippen molar-refractivity contribution >= 4 is 28.3 Å². The van der Waals surface area contributed by atoms with Gasteiger partial charge in [0, 0.05) is 42.0 Å². The summed E-state index contributed by atoms with van der Waals surface area (Å²) >= 11 is 0. The quantitative estimate of drug-likeness (QED) is 0.278. The predicted octanol–water partition coefficient (Wildman–Crippen LogP) is 4.91. The van der Waals surface area contributed by atoms with E-state index in [1.165, 1.54) is 12.1 Å². The molecule has 3 fully saturated rings. The minimum Gasteiger partial charge on any atom is -0.497 e. The van der Waals surface area contributed by atoms with Crippen molar-refractivity contribution in [2.24, 2.45) is 11.8 Å². The van der Waals surface area contributed by atoms with Gasteiger partial charge in [0.2, 0.25) is 0 Å². The SMILES string of the molecule is C=CC1CN2CCC1CC2[C@H](NC(=O)Nc1cccc([N+](=O)[O-])c1)c1ccnc2ccc(OC)cc12. The van der Waals surface area contributed by atoms with E-state index in [0.29, 0.717) is 23.3 Å². The number of amides is 2. The zero-order chi connectivity index (χ0) is 25.2. The number of benzene rings is 2. The molecule has 2 bridgehead atoms. The molecule has 6 rings (SSSR count). The van der Waals surface area contributed by atoms with Gasteiger partial charge in [-0.15, -0.1) is 6.58 Å². The molecular weight excluding hydrogens is 458 g/mol. The fraction of sp³-hybridized carbons (Fsp3) is 0.333. The van der Waals surface area contributed by atoms with Crippen LogP contribution in [0.15, 0.2) is 67.4 Å². The number of carbonyl (C=O) groups excluding carboxylic acids is 1. The van der Waals surface area contributed by atoms with Crippen molar-refractivity contribution in [3.63, 3.8) is 0 Å². The van der Waals surface area contributed by atoms with Crippen molar-refractivity contribution in [3.8, 4) is 5.75 Å². The first-order chi connectivity index (χ1) is 17.5. The number of rotatable bonds is 7. The van der Waals surface area contributed by atoms with Gasteiger partial charge in [0.05, 0.1) is 23.6 Å². The molecule has 9 nitrogen and oxygen atoms in total. The van der Waals surface area contributed by atoms with Crippen LogP contribution in [0.1, 0.15) is 24.4 Å². The first kappa shape index (κ1) is 23.7. The highest BCUT2D eigenvalue weighted by Gasteiger charge is 2.43. The van der Waals surface area contributed by atoms with Crippen molar-refractivity contribution in [1.29, 1.82) is 0 Å². The third-order valence-corrected chi connectivity index (χ3v) is 7.46. The number of nitro groups is 1. The highest BCUT2D eigenvalue weighted by molar-refractivity contribution is 5.91. The number of hydrogen-bond acceptors (Lipinski definition) is 6. The number of piperidine rings is 3. The molecule has 0 spiro atoms. The van der Waals surface area contributed by atoms with E-state index < -0.39 is 11.0 Å². The number of nitro benzene ring substituents is 1. The van der Waals surface area contributed by atoms with E-state index in [1.807, 2.05) is 24.3 Å². The summed E-state index contributed by atoms with van der Waals surface area (Å²) in [6.45, 7) is 5.91. The number of non-ortho nitro benzene ring substituents is 1. The van der Waals surface area contributed by atoms with Gasteiger partial charge in [-0.3, -0.25) is 20.0 Å². The van der Waals surface area contributed by atoms with Gasteiger partial charge in [0.15, 0.2) is 0 Å². The standard InChI is InChI=1S/C27H29N5O4/c1-3-17-16-31-12-10-18(17)13-25(31)26(22-9-11-28-24-8-7-21(36-2)15-23(22)24)30-27(33)29-19-5-4-6-20(14-19)32(34)35/h3-9,11,14-15,17-18,25-26H,1,10,12-13,16H2,2H3,(H2,29,30,33)/t17?,18?,25?,26-/m1/s1.